The molecular weight excluding hydrogens is 560 g/mol. The average molecular weight is 593 g/mol. The van der Waals surface area contributed by atoms with E-state index < -0.39 is 79.0 Å². The molecule has 0 unspecified atom stereocenters. The van der Waals surface area contributed by atoms with E-state index in [0.717, 1.165) is 6.07 Å². The van der Waals surface area contributed by atoms with E-state index in [1.807, 2.05) is 0 Å². The van der Waals surface area contributed by atoms with Crippen molar-refractivity contribution in [2.45, 2.75) is 68.1 Å². The summed E-state index contributed by atoms with van der Waals surface area (Å²) in [5, 5.41) is 82.8. The van der Waals surface area contributed by atoms with Gasteiger partial charge in [0.2, 0.25) is 0 Å². The SMILES string of the molecule is COc1cc2oc(-c3ccc(O)cc3)cc(=O)c2c(O)c1[C@@H]1O[C@H](CO[C@@H]2O[C@@H](C)[C@H](O)[C@@H](O)[C@H]2O)[C@@H](O)[C@H](O)[C@H]1O. The Morgan fingerprint density at radius 2 is 1.50 bits per heavy atom. The summed E-state index contributed by atoms with van der Waals surface area (Å²) >= 11 is 0. The molecule has 14 heteroatoms. The number of aliphatic hydroxyl groups excluding tert-OH is 6. The molecule has 3 heterocycles. The van der Waals surface area contributed by atoms with Crippen molar-refractivity contribution in [3.8, 4) is 28.6 Å². The Morgan fingerprint density at radius 1 is 0.833 bits per heavy atom. The molecule has 3 aromatic rings. The van der Waals surface area contributed by atoms with Gasteiger partial charge in [-0.25, -0.2) is 0 Å². The molecule has 2 fully saturated rings. The molecule has 42 heavy (non-hydrogen) atoms. The number of ether oxygens (including phenoxy) is 4. The maximum Gasteiger partial charge on any atom is 0.197 e. The molecule has 1 aromatic heterocycles. The van der Waals surface area contributed by atoms with Crippen LogP contribution in [0.25, 0.3) is 22.3 Å². The summed E-state index contributed by atoms with van der Waals surface area (Å²) in [6, 6.07) is 8.33. The first-order chi connectivity index (χ1) is 19.9. The van der Waals surface area contributed by atoms with Gasteiger partial charge in [-0.1, -0.05) is 0 Å². The first kappa shape index (κ1) is 30.2. The Hall–Kier alpha value is -3.31. The van der Waals surface area contributed by atoms with Crippen LogP contribution in [-0.2, 0) is 14.2 Å². The molecule has 0 spiro atoms. The summed E-state index contributed by atoms with van der Waals surface area (Å²) in [6.07, 6.45) is -15.1. The Kier molecular flexibility index (Phi) is 8.44. The van der Waals surface area contributed by atoms with E-state index in [9.17, 15) is 45.6 Å². The van der Waals surface area contributed by atoms with Crippen LogP contribution in [0.15, 0.2) is 45.6 Å². The zero-order valence-corrected chi connectivity index (χ0v) is 22.5. The predicted octanol–water partition coefficient (Wildman–Crippen LogP) is -0.754. The van der Waals surface area contributed by atoms with E-state index in [0.29, 0.717) is 5.56 Å². The number of rotatable bonds is 6. The number of phenols is 2. The first-order valence-electron chi connectivity index (χ1n) is 13.1. The lowest BCUT2D eigenvalue weighted by molar-refractivity contribution is -0.308. The molecule has 8 N–H and O–H groups in total. The zero-order valence-electron chi connectivity index (χ0n) is 22.5. The van der Waals surface area contributed by atoms with Crippen molar-refractivity contribution in [2.75, 3.05) is 13.7 Å². The number of hydrogen-bond acceptors (Lipinski definition) is 14. The molecule has 14 nitrogen and oxygen atoms in total. The number of phenolic OH excluding ortho intramolecular Hbond substituents is 2. The first-order valence-corrected chi connectivity index (χ1v) is 13.1. The zero-order chi connectivity index (χ0) is 30.5. The lowest BCUT2D eigenvalue weighted by Crippen LogP contribution is -2.59. The standard InChI is InChI=1S/C28H32O14/c1-10-20(31)23(34)26(37)28(40-10)39-9-17-21(32)24(35)25(36)27(42-17)19-15(38-2)8-16-18(22(19)33)13(30)7-14(41-16)11-3-5-12(29)6-4-11/h3-8,10,17,20-21,23-29,31-37H,9H2,1-2H3/t10-,17+,20-,21+,23+,24-,25+,26+,27-,28+/m0/s1. The molecule has 2 aromatic carbocycles. The molecule has 5 rings (SSSR count). The number of fused-ring (bicyclic) bond motifs is 1. The van der Waals surface area contributed by atoms with Crippen LogP contribution < -0.4 is 10.2 Å². The van der Waals surface area contributed by atoms with Crippen LogP contribution in [0.4, 0.5) is 0 Å². The number of benzene rings is 2. The third kappa shape index (κ3) is 5.32. The monoisotopic (exact) mass is 592 g/mol. The molecule has 0 aliphatic carbocycles. The van der Waals surface area contributed by atoms with Crippen molar-refractivity contribution in [1.82, 2.24) is 0 Å². The molecule has 228 valence electrons. The van der Waals surface area contributed by atoms with Crippen LogP contribution in [0.1, 0.15) is 18.6 Å². The van der Waals surface area contributed by atoms with Gasteiger partial charge >= 0.3 is 0 Å². The van der Waals surface area contributed by atoms with Crippen LogP contribution in [0, 0.1) is 0 Å². The molecule has 10 atom stereocenters. The summed E-state index contributed by atoms with van der Waals surface area (Å²) in [7, 11) is 1.26. The van der Waals surface area contributed by atoms with Gasteiger partial charge in [-0.3, -0.25) is 4.79 Å². The summed E-state index contributed by atoms with van der Waals surface area (Å²) < 4.78 is 28.0. The smallest absolute Gasteiger partial charge is 0.197 e. The van der Waals surface area contributed by atoms with Gasteiger partial charge in [0.05, 0.1) is 25.4 Å². The fourth-order valence-corrected chi connectivity index (χ4v) is 5.17. The lowest BCUT2D eigenvalue weighted by atomic mass is 9.89. The van der Waals surface area contributed by atoms with Gasteiger partial charge in [-0.05, 0) is 31.2 Å². The molecule has 2 aliphatic rings. The fourth-order valence-electron chi connectivity index (χ4n) is 5.17. The summed E-state index contributed by atoms with van der Waals surface area (Å²) in [5.74, 6) is -0.568. The largest absolute Gasteiger partial charge is 0.508 e. The summed E-state index contributed by atoms with van der Waals surface area (Å²) in [6.45, 7) is 0.935. The van der Waals surface area contributed by atoms with Crippen LogP contribution in [0.5, 0.6) is 17.2 Å². The van der Waals surface area contributed by atoms with Crippen LogP contribution in [0.2, 0.25) is 0 Å². The summed E-state index contributed by atoms with van der Waals surface area (Å²) in [4.78, 5) is 13.1. The van der Waals surface area contributed by atoms with Crippen molar-refractivity contribution in [2.24, 2.45) is 0 Å². The number of methoxy groups -OCH3 is 1. The topological polar surface area (TPSA) is 229 Å². The second-order valence-electron chi connectivity index (χ2n) is 10.3. The van der Waals surface area contributed by atoms with Gasteiger partial charge in [0.25, 0.3) is 0 Å². The highest BCUT2D eigenvalue weighted by atomic mass is 16.7. The van der Waals surface area contributed by atoms with Crippen LogP contribution in [-0.4, -0.2) is 110 Å². The van der Waals surface area contributed by atoms with Gasteiger partial charge < -0.3 is 64.2 Å². The highest BCUT2D eigenvalue weighted by molar-refractivity contribution is 5.88. The van der Waals surface area contributed by atoms with E-state index in [1.165, 1.54) is 44.4 Å². The van der Waals surface area contributed by atoms with E-state index in [2.05, 4.69) is 0 Å². The number of aliphatic hydroxyl groups is 6. The van der Waals surface area contributed by atoms with Gasteiger partial charge in [0.15, 0.2) is 11.7 Å². The lowest BCUT2D eigenvalue weighted by Gasteiger charge is -2.43. The Labute approximate surface area is 238 Å². The molecule has 0 amide bonds. The normalized spacial score (nSPS) is 33.5. The minimum absolute atomic E-state index is 0.0151. The van der Waals surface area contributed by atoms with E-state index in [-0.39, 0.29) is 33.8 Å². The quantitative estimate of drug-likeness (QED) is 0.176. The average Bonchev–Trinajstić information content (AvgIpc) is 2.97. The van der Waals surface area contributed by atoms with Gasteiger partial charge in [0, 0.05) is 17.7 Å². The number of hydrogen-bond donors (Lipinski definition) is 8. The van der Waals surface area contributed by atoms with Gasteiger partial charge in [-0.2, -0.15) is 0 Å². The van der Waals surface area contributed by atoms with Crippen LogP contribution in [0.3, 0.4) is 0 Å². The second-order valence-corrected chi connectivity index (χ2v) is 10.3. The number of aromatic hydroxyl groups is 2. The highest BCUT2D eigenvalue weighted by Crippen LogP contribution is 2.45. The maximum absolute atomic E-state index is 13.1. The fraction of sp³-hybridized carbons (Fsp3) is 0.464. The van der Waals surface area contributed by atoms with E-state index in [1.54, 1.807) is 0 Å². The predicted molar refractivity (Wildman–Crippen MR) is 142 cm³/mol. The van der Waals surface area contributed by atoms with Gasteiger partial charge in [-0.15, -0.1) is 0 Å². The van der Waals surface area contributed by atoms with Crippen molar-refractivity contribution in [1.29, 1.82) is 0 Å². The van der Waals surface area contributed by atoms with Crippen molar-refractivity contribution in [3.63, 3.8) is 0 Å². The molecule has 0 radical (unpaired) electrons. The Balaban J connectivity index is 1.47. The second kappa shape index (κ2) is 11.8. The third-order valence-electron chi connectivity index (χ3n) is 7.60. The minimum Gasteiger partial charge on any atom is -0.508 e. The Morgan fingerprint density at radius 3 is 2.17 bits per heavy atom. The van der Waals surface area contributed by atoms with Crippen molar-refractivity contribution in [3.05, 3.63) is 52.2 Å². The van der Waals surface area contributed by atoms with Gasteiger partial charge in [0.1, 0.15) is 82.8 Å². The molecule has 2 aliphatic heterocycles. The summed E-state index contributed by atoms with van der Waals surface area (Å²) in [5.41, 5.74) is -0.444. The maximum atomic E-state index is 13.1. The van der Waals surface area contributed by atoms with E-state index >= 15 is 0 Å². The highest BCUT2D eigenvalue weighted by Gasteiger charge is 2.48. The Bertz CT molecular complexity index is 1470. The van der Waals surface area contributed by atoms with Crippen molar-refractivity contribution >= 4 is 11.0 Å². The van der Waals surface area contributed by atoms with Crippen LogP contribution >= 0.6 is 0 Å². The molecule has 2 saturated heterocycles. The molecule has 0 saturated carbocycles. The van der Waals surface area contributed by atoms with E-state index in [4.69, 9.17) is 23.4 Å². The molecular formula is C28H32O14. The third-order valence-corrected chi connectivity index (χ3v) is 7.60. The molecule has 0 bridgehead atoms. The van der Waals surface area contributed by atoms with Crippen molar-refractivity contribution < 1.29 is 64.2 Å². The minimum atomic E-state index is -1.81.